The van der Waals surface area contributed by atoms with Crippen molar-refractivity contribution >= 4 is 17.3 Å². The van der Waals surface area contributed by atoms with E-state index in [4.69, 9.17) is 10.5 Å². The summed E-state index contributed by atoms with van der Waals surface area (Å²) < 4.78 is 6.76. The number of imidazole rings is 1. The monoisotopic (exact) mass is 274 g/mol. The van der Waals surface area contributed by atoms with Gasteiger partial charge >= 0.3 is 5.97 Å². The number of benzene rings is 1. The number of carbonyl (C=O) groups excluding carboxylic acids is 1. The molecule has 0 radical (unpaired) electrons. The number of aromatic nitrogens is 2. The van der Waals surface area contributed by atoms with Crippen molar-refractivity contribution < 1.29 is 9.53 Å². The van der Waals surface area contributed by atoms with E-state index in [1.165, 1.54) is 7.11 Å². The lowest BCUT2D eigenvalue weighted by molar-refractivity contribution is 0.0602. The number of rotatable bonds is 6. The van der Waals surface area contributed by atoms with Crippen LogP contribution in [0.1, 0.15) is 16.8 Å². The van der Waals surface area contributed by atoms with Crippen LogP contribution in [0, 0.1) is 0 Å². The number of nitrogens with one attached hydrogen (secondary N) is 1. The topological polar surface area (TPSA) is 82.2 Å². The lowest BCUT2D eigenvalue weighted by Crippen LogP contribution is -2.11. The van der Waals surface area contributed by atoms with Gasteiger partial charge in [0, 0.05) is 36.9 Å². The highest BCUT2D eigenvalue weighted by Gasteiger charge is 2.11. The molecule has 6 heteroatoms. The Balaban J connectivity index is 1.93. The van der Waals surface area contributed by atoms with Crippen LogP contribution in [0.15, 0.2) is 36.9 Å². The summed E-state index contributed by atoms with van der Waals surface area (Å²) in [4.78, 5) is 15.7. The van der Waals surface area contributed by atoms with Crippen LogP contribution in [0.2, 0.25) is 0 Å². The molecule has 2 aromatic rings. The minimum Gasteiger partial charge on any atom is -0.465 e. The van der Waals surface area contributed by atoms with Crippen molar-refractivity contribution in [3.63, 3.8) is 0 Å². The van der Waals surface area contributed by atoms with E-state index >= 15 is 0 Å². The number of hydrogen-bond acceptors (Lipinski definition) is 5. The van der Waals surface area contributed by atoms with Crippen LogP contribution in [0.3, 0.4) is 0 Å². The van der Waals surface area contributed by atoms with Crippen molar-refractivity contribution in [1.82, 2.24) is 9.55 Å². The third-order valence-corrected chi connectivity index (χ3v) is 2.92. The molecular formula is C14H18N4O2. The highest BCUT2D eigenvalue weighted by molar-refractivity contribution is 5.96. The Hall–Kier alpha value is -2.50. The van der Waals surface area contributed by atoms with Crippen LogP contribution < -0.4 is 11.1 Å². The predicted octanol–water partition coefficient (Wildman–Crippen LogP) is 1.75. The number of carbonyl (C=O) groups is 1. The molecule has 0 saturated heterocycles. The van der Waals surface area contributed by atoms with Crippen molar-refractivity contribution in [3.8, 4) is 0 Å². The van der Waals surface area contributed by atoms with Crippen LogP contribution in [-0.4, -0.2) is 29.2 Å². The van der Waals surface area contributed by atoms with E-state index in [2.05, 4.69) is 10.3 Å². The molecule has 0 aliphatic carbocycles. The fourth-order valence-corrected chi connectivity index (χ4v) is 1.90. The quantitative estimate of drug-likeness (QED) is 0.476. The van der Waals surface area contributed by atoms with Gasteiger partial charge in [-0.1, -0.05) is 0 Å². The molecule has 3 N–H and O–H groups in total. The smallest absolute Gasteiger partial charge is 0.340 e. The molecule has 6 nitrogen and oxygen atoms in total. The van der Waals surface area contributed by atoms with Crippen LogP contribution in [0.25, 0.3) is 0 Å². The molecule has 0 aliphatic heterocycles. The second-order valence-corrected chi connectivity index (χ2v) is 4.38. The minimum absolute atomic E-state index is 0.394. The Kier molecular flexibility index (Phi) is 4.60. The van der Waals surface area contributed by atoms with E-state index in [-0.39, 0.29) is 0 Å². The van der Waals surface area contributed by atoms with Crippen molar-refractivity contribution in [3.05, 3.63) is 42.5 Å². The molecule has 0 spiro atoms. The van der Waals surface area contributed by atoms with E-state index in [0.29, 0.717) is 11.3 Å². The number of esters is 1. The van der Waals surface area contributed by atoms with Gasteiger partial charge in [-0.15, -0.1) is 0 Å². The zero-order chi connectivity index (χ0) is 14.4. The number of aryl methyl sites for hydroxylation is 1. The number of nitrogens with two attached hydrogens (primary N) is 1. The second kappa shape index (κ2) is 6.60. The summed E-state index contributed by atoms with van der Waals surface area (Å²) in [7, 11) is 1.36. The van der Waals surface area contributed by atoms with E-state index in [0.717, 1.165) is 25.2 Å². The zero-order valence-corrected chi connectivity index (χ0v) is 11.4. The van der Waals surface area contributed by atoms with Gasteiger partial charge in [-0.25, -0.2) is 9.78 Å². The van der Waals surface area contributed by atoms with Gasteiger partial charge in [0.1, 0.15) is 0 Å². The number of ether oxygens (including phenoxy) is 1. The van der Waals surface area contributed by atoms with Gasteiger partial charge < -0.3 is 20.4 Å². The van der Waals surface area contributed by atoms with Gasteiger partial charge in [0.2, 0.25) is 0 Å². The van der Waals surface area contributed by atoms with Crippen LogP contribution in [0.5, 0.6) is 0 Å². The molecule has 1 aromatic carbocycles. The van der Waals surface area contributed by atoms with Crippen molar-refractivity contribution in [2.45, 2.75) is 13.0 Å². The number of methoxy groups -OCH3 is 1. The highest BCUT2D eigenvalue weighted by atomic mass is 16.5. The fraction of sp³-hybridized carbons (Fsp3) is 0.286. The Morgan fingerprint density at radius 2 is 2.35 bits per heavy atom. The van der Waals surface area contributed by atoms with Crippen LogP contribution >= 0.6 is 0 Å². The number of nitrogens with zero attached hydrogens (tertiary/aromatic N) is 2. The summed E-state index contributed by atoms with van der Waals surface area (Å²) in [5.41, 5.74) is 7.42. The van der Waals surface area contributed by atoms with E-state index in [1.807, 2.05) is 10.8 Å². The fourth-order valence-electron chi connectivity index (χ4n) is 1.90. The van der Waals surface area contributed by atoms with Crippen molar-refractivity contribution in [2.24, 2.45) is 0 Å². The molecule has 106 valence electrons. The standard InChI is InChI=1S/C14H18N4O2/c1-20-14(19)12-9-11(15)3-4-13(12)17-5-2-7-18-8-6-16-10-18/h3-4,6,8-10,17H,2,5,7,15H2,1H3. The van der Waals surface area contributed by atoms with Crippen molar-refractivity contribution in [2.75, 3.05) is 24.7 Å². The van der Waals surface area contributed by atoms with Gasteiger partial charge in [-0.3, -0.25) is 0 Å². The zero-order valence-electron chi connectivity index (χ0n) is 11.4. The van der Waals surface area contributed by atoms with Gasteiger partial charge in [-0.2, -0.15) is 0 Å². The Bertz CT molecular complexity index is 567. The summed E-state index contributed by atoms with van der Waals surface area (Å²) in [6.45, 7) is 1.61. The molecule has 0 unspecified atom stereocenters. The number of hydrogen-bond donors (Lipinski definition) is 2. The molecule has 1 aromatic heterocycles. The maximum absolute atomic E-state index is 11.7. The van der Waals surface area contributed by atoms with Gasteiger partial charge in [0.05, 0.1) is 19.0 Å². The summed E-state index contributed by atoms with van der Waals surface area (Å²) >= 11 is 0. The Labute approximate surface area is 117 Å². The summed E-state index contributed by atoms with van der Waals surface area (Å²) in [5.74, 6) is -0.394. The SMILES string of the molecule is COC(=O)c1cc(N)ccc1NCCCn1ccnc1. The molecule has 0 atom stereocenters. The maximum Gasteiger partial charge on any atom is 0.340 e. The first kappa shape index (κ1) is 13.9. The lowest BCUT2D eigenvalue weighted by atomic mass is 10.1. The molecule has 2 rings (SSSR count). The molecule has 0 bridgehead atoms. The molecule has 0 fully saturated rings. The number of nitrogen functional groups attached to an aromatic ring is 1. The van der Waals surface area contributed by atoms with Gasteiger partial charge in [0.25, 0.3) is 0 Å². The normalized spacial score (nSPS) is 10.2. The molecule has 1 heterocycles. The predicted molar refractivity (Wildman–Crippen MR) is 77.5 cm³/mol. The number of anilines is 2. The van der Waals surface area contributed by atoms with E-state index < -0.39 is 5.97 Å². The van der Waals surface area contributed by atoms with Crippen LogP contribution in [-0.2, 0) is 11.3 Å². The average Bonchev–Trinajstić information content (AvgIpc) is 2.97. The van der Waals surface area contributed by atoms with Crippen molar-refractivity contribution in [1.29, 1.82) is 0 Å². The Morgan fingerprint density at radius 1 is 1.50 bits per heavy atom. The molecule has 20 heavy (non-hydrogen) atoms. The van der Waals surface area contributed by atoms with Crippen LogP contribution in [0.4, 0.5) is 11.4 Å². The van der Waals surface area contributed by atoms with Gasteiger partial charge in [-0.05, 0) is 24.6 Å². The Morgan fingerprint density at radius 3 is 3.05 bits per heavy atom. The van der Waals surface area contributed by atoms with Gasteiger partial charge in [0.15, 0.2) is 0 Å². The third kappa shape index (κ3) is 3.50. The summed E-state index contributed by atoms with van der Waals surface area (Å²) in [6, 6.07) is 5.16. The third-order valence-electron chi connectivity index (χ3n) is 2.92. The maximum atomic E-state index is 11.7. The first-order chi connectivity index (χ1) is 9.70. The first-order valence-electron chi connectivity index (χ1n) is 6.38. The molecule has 0 amide bonds. The average molecular weight is 274 g/mol. The highest BCUT2D eigenvalue weighted by Crippen LogP contribution is 2.19. The summed E-state index contributed by atoms with van der Waals surface area (Å²) in [5, 5.41) is 3.23. The molecule has 0 aliphatic rings. The molecule has 0 saturated carbocycles. The minimum atomic E-state index is -0.394. The molecular weight excluding hydrogens is 256 g/mol. The lowest BCUT2D eigenvalue weighted by Gasteiger charge is -2.11. The first-order valence-corrected chi connectivity index (χ1v) is 6.38. The summed E-state index contributed by atoms with van der Waals surface area (Å²) in [6.07, 6.45) is 6.37. The largest absolute Gasteiger partial charge is 0.465 e. The van der Waals surface area contributed by atoms with E-state index in [9.17, 15) is 4.79 Å². The van der Waals surface area contributed by atoms with E-state index in [1.54, 1.807) is 30.7 Å². The second-order valence-electron chi connectivity index (χ2n) is 4.38.